The zero-order chi connectivity index (χ0) is 24.7. The zero-order valence-corrected chi connectivity index (χ0v) is 21.0. The number of amides is 1. The van der Waals surface area contributed by atoms with Gasteiger partial charge in [0.15, 0.2) is 5.78 Å². The Hall–Kier alpha value is -3.46. The van der Waals surface area contributed by atoms with Crippen LogP contribution < -0.4 is 4.90 Å². The Morgan fingerprint density at radius 2 is 1.43 bits per heavy atom. The van der Waals surface area contributed by atoms with Crippen molar-refractivity contribution >= 4 is 17.4 Å². The molecule has 2 aliphatic rings. The van der Waals surface area contributed by atoms with E-state index in [-0.39, 0.29) is 23.5 Å². The molecule has 5 rings (SSSR count). The average molecular weight is 464 g/mol. The lowest BCUT2D eigenvalue weighted by molar-refractivity contribution is -0.120. The van der Waals surface area contributed by atoms with Gasteiger partial charge >= 0.3 is 0 Å². The van der Waals surface area contributed by atoms with Crippen molar-refractivity contribution in [1.29, 1.82) is 0 Å². The number of anilines is 1. The molecule has 1 amide bonds. The molecule has 1 aliphatic heterocycles. The van der Waals surface area contributed by atoms with E-state index in [0.29, 0.717) is 25.2 Å². The van der Waals surface area contributed by atoms with Gasteiger partial charge in [-0.25, -0.2) is 0 Å². The summed E-state index contributed by atoms with van der Waals surface area (Å²) in [7, 11) is 0. The number of Topliss-reactive ketones (excluding diaryl/α,β-unsaturated/α-hetero) is 1. The highest BCUT2D eigenvalue weighted by Crippen LogP contribution is 2.47. The minimum absolute atomic E-state index is 0.0631. The standard InChI is InChI=1S/C32H33NO2/c1-20(2)23-10-12-25(13-11-23)28-19-31(35)33(27-15-21(3)14-22(4)16-27)29-17-26(18-30(34)32(28)29)24-8-6-5-7-9-24/h5-16,20,26,28H,17-19H2,1-4H3. The van der Waals surface area contributed by atoms with E-state index in [9.17, 15) is 9.59 Å². The van der Waals surface area contributed by atoms with Gasteiger partial charge in [-0.3, -0.25) is 14.5 Å². The molecule has 178 valence electrons. The van der Waals surface area contributed by atoms with Crippen molar-refractivity contribution in [2.75, 3.05) is 4.90 Å². The summed E-state index contributed by atoms with van der Waals surface area (Å²) in [5, 5.41) is 0. The van der Waals surface area contributed by atoms with Crippen molar-refractivity contribution in [1.82, 2.24) is 0 Å². The topological polar surface area (TPSA) is 37.4 Å². The van der Waals surface area contributed by atoms with Gasteiger partial charge in [-0.2, -0.15) is 0 Å². The summed E-state index contributed by atoms with van der Waals surface area (Å²) in [4.78, 5) is 29.4. The van der Waals surface area contributed by atoms with Gasteiger partial charge in [0.2, 0.25) is 5.91 Å². The third-order valence-electron chi connectivity index (χ3n) is 7.47. The Morgan fingerprint density at radius 3 is 2.06 bits per heavy atom. The highest BCUT2D eigenvalue weighted by atomic mass is 16.2. The molecule has 0 spiro atoms. The summed E-state index contributed by atoms with van der Waals surface area (Å²) in [5.74, 6) is 0.554. The third kappa shape index (κ3) is 4.48. The van der Waals surface area contributed by atoms with Crippen LogP contribution in [0.2, 0.25) is 0 Å². The zero-order valence-electron chi connectivity index (χ0n) is 21.0. The Balaban J connectivity index is 1.64. The first kappa shape index (κ1) is 23.3. The minimum atomic E-state index is -0.190. The number of allylic oxidation sites excluding steroid dienone is 2. The molecule has 3 aromatic carbocycles. The van der Waals surface area contributed by atoms with Crippen LogP contribution in [0.4, 0.5) is 5.69 Å². The lowest BCUT2D eigenvalue weighted by Gasteiger charge is -2.40. The van der Waals surface area contributed by atoms with E-state index in [2.05, 4.69) is 82.3 Å². The van der Waals surface area contributed by atoms with Crippen LogP contribution in [-0.2, 0) is 9.59 Å². The molecule has 0 N–H and O–H groups in total. The summed E-state index contributed by atoms with van der Waals surface area (Å²) in [6.45, 7) is 8.46. The van der Waals surface area contributed by atoms with Gasteiger partial charge in [-0.05, 0) is 72.1 Å². The Labute approximate surface area is 208 Å². The SMILES string of the molecule is Cc1cc(C)cc(N2C(=O)CC(c3ccc(C(C)C)cc3)C3=C2CC(c2ccccc2)CC3=O)c1. The summed E-state index contributed by atoms with van der Waals surface area (Å²) < 4.78 is 0. The molecule has 1 aliphatic carbocycles. The van der Waals surface area contributed by atoms with Crippen LogP contribution in [0.3, 0.4) is 0 Å². The molecule has 3 aromatic rings. The fraction of sp³-hybridized carbons (Fsp3) is 0.312. The van der Waals surface area contributed by atoms with E-state index in [1.165, 1.54) is 5.56 Å². The normalized spacial score (nSPS) is 20.4. The summed E-state index contributed by atoms with van der Waals surface area (Å²) in [5.41, 5.74) is 8.29. The van der Waals surface area contributed by atoms with Crippen LogP contribution in [-0.4, -0.2) is 11.7 Å². The number of ketones is 1. The largest absolute Gasteiger partial charge is 0.294 e. The number of aryl methyl sites for hydroxylation is 2. The van der Waals surface area contributed by atoms with Gasteiger partial charge in [0.05, 0.1) is 0 Å². The van der Waals surface area contributed by atoms with Crippen LogP contribution in [0.1, 0.15) is 78.7 Å². The Kier molecular flexibility index (Phi) is 6.19. The molecule has 2 unspecified atom stereocenters. The molecule has 2 atom stereocenters. The number of carbonyl (C=O) groups is 2. The lowest BCUT2D eigenvalue weighted by Crippen LogP contribution is -2.41. The molecule has 0 aromatic heterocycles. The molecule has 3 nitrogen and oxygen atoms in total. The number of hydrogen-bond acceptors (Lipinski definition) is 2. The van der Waals surface area contributed by atoms with Gasteiger partial charge in [0, 0.05) is 35.7 Å². The second-order valence-corrected chi connectivity index (χ2v) is 10.5. The first-order chi connectivity index (χ1) is 16.8. The molecule has 1 heterocycles. The van der Waals surface area contributed by atoms with Crippen molar-refractivity contribution in [3.63, 3.8) is 0 Å². The molecule has 0 bridgehead atoms. The monoisotopic (exact) mass is 463 g/mol. The van der Waals surface area contributed by atoms with Crippen LogP contribution >= 0.6 is 0 Å². The molecular weight excluding hydrogens is 430 g/mol. The van der Waals surface area contributed by atoms with Crippen molar-refractivity contribution in [2.24, 2.45) is 0 Å². The first-order valence-electron chi connectivity index (χ1n) is 12.6. The third-order valence-corrected chi connectivity index (χ3v) is 7.47. The van der Waals surface area contributed by atoms with Gasteiger partial charge in [-0.15, -0.1) is 0 Å². The van der Waals surface area contributed by atoms with E-state index in [4.69, 9.17) is 0 Å². The smallest absolute Gasteiger partial charge is 0.232 e. The Morgan fingerprint density at radius 1 is 0.771 bits per heavy atom. The maximum Gasteiger partial charge on any atom is 0.232 e. The maximum atomic E-state index is 13.8. The molecule has 0 radical (unpaired) electrons. The number of benzene rings is 3. The average Bonchev–Trinajstić information content (AvgIpc) is 2.83. The molecule has 0 fully saturated rings. The van der Waals surface area contributed by atoms with Gasteiger partial charge in [0.1, 0.15) is 0 Å². The molecule has 0 saturated heterocycles. The van der Waals surface area contributed by atoms with Crippen molar-refractivity contribution < 1.29 is 9.59 Å². The van der Waals surface area contributed by atoms with Crippen LogP contribution in [0.25, 0.3) is 0 Å². The lowest BCUT2D eigenvalue weighted by atomic mass is 9.72. The Bertz CT molecular complexity index is 1280. The summed E-state index contributed by atoms with van der Waals surface area (Å²) >= 11 is 0. The van der Waals surface area contributed by atoms with Crippen LogP contribution in [0, 0.1) is 13.8 Å². The summed E-state index contributed by atoms with van der Waals surface area (Å²) in [6.07, 6.45) is 1.48. The molecular formula is C32H33NO2. The highest BCUT2D eigenvalue weighted by molar-refractivity contribution is 6.08. The van der Waals surface area contributed by atoms with Gasteiger partial charge < -0.3 is 0 Å². The predicted molar refractivity (Wildman–Crippen MR) is 142 cm³/mol. The van der Waals surface area contributed by atoms with E-state index in [1.807, 2.05) is 23.1 Å². The van der Waals surface area contributed by atoms with Crippen molar-refractivity contribution in [3.05, 3.63) is 112 Å². The van der Waals surface area contributed by atoms with E-state index in [1.54, 1.807) is 0 Å². The number of carbonyl (C=O) groups excluding carboxylic acids is 2. The molecule has 0 saturated carbocycles. The number of nitrogens with zero attached hydrogens (tertiary/aromatic N) is 1. The second-order valence-electron chi connectivity index (χ2n) is 10.5. The first-order valence-corrected chi connectivity index (χ1v) is 12.6. The maximum absolute atomic E-state index is 13.8. The van der Waals surface area contributed by atoms with Gasteiger partial charge in [0.25, 0.3) is 0 Å². The molecule has 35 heavy (non-hydrogen) atoms. The fourth-order valence-electron chi connectivity index (χ4n) is 5.77. The van der Waals surface area contributed by atoms with Crippen molar-refractivity contribution in [2.45, 2.75) is 64.7 Å². The van der Waals surface area contributed by atoms with Crippen LogP contribution in [0.5, 0.6) is 0 Å². The van der Waals surface area contributed by atoms with Crippen molar-refractivity contribution in [3.8, 4) is 0 Å². The minimum Gasteiger partial charge on any atom is -0.294 e. The number of rotatable bonds is 4. The van der Waals surface area contributed by atoms with Crippen LogP contribution in [0.15, 0.2) is 84.1 Å². The fourth-order valence-corrected chi connectivity index (χ4v) is 5.77. The summed E-state index contributed by atoms with van der Waals surface area (Å²) in [6, 6.07) is 25.0. The highest BCUT2D eigenvalue weighted by Gasteiger charge is 2.42. The quantitative estimate of drug-likeness (QED) is 0.406. The predicted octanol–water partition coefficient (Wildman–Crippen LogP) is 7.35. The number of hydrogen-bond donors (Lipinski definition) is 0. The molecule has 3 heteroatoms. The van der Waals surface area contributed by atoms with Gasteiger partial charge in [-0.1, -0.05) is 74.5 Å². The second kappa shape index (κ2) is 9.30. The van der Waals surface area contributed by atoms with E-state index >= 15 is 0 Å². The van der Waals surface area contributed by atoms with E-state index < -0.39 is 0 Å². The van der Waals surface area contributed by atoms with E-state index in [0.717, 1.165) is 39.2 Å².